The largest absolute Gasteiger partial charge is 0.508 e. The van der Waals surface area contributed by atoms with E-state index in [1.165, 1.54) is 0 Å². The van der Waals surface area contributed by atoms with E-state index in [9.17, 15) is 5.11 Å². The number of pyridine rings is 1. The molecule has 1 aromatic heterocycles. The molecular weight excluding hydrogens is 202 g/mol. The smallest absolute Gasteiger partial charge is 0.130 e. The number of aromatic nitrogens is 1. The number of ether oxygens (including phenoxy) is 1. The molecule has 82 valence electrons. The van der Waals surface area contributed by atoms with Crippen molar-refractivity contribution in [2.24, 2.45) is 0 Å². The minimum atomic E-state index is 0.205. The van der Waals surface area contributed by atoms with Crippen molar-refractivity contribution in [2.75, 3.05) is 6.61 Å². The van der Waals surface area contributed by atoms with Crippen molar-refractivity contribution in [3.63, 3.8) is 0 Å². The highest BCUT2D eigenvalue weighted by molar-refractivity contribution is 5.70. The van der Waals surface area contributed by atoms with Gasteiger partial charge in [-0.25, -0.2) is 0 Å². The molecule has 0 amide bonds. The molecule has 0 saturated heterocycles. The molecule has 0 aliphatic carbocycles. The number of phenols is 1. The fraction of sp³-hybridized carbons (Fsp3) is 0.154. The van der Waals surface area contributed by atoms with Crippen molar-refractivity contribution in [1.82, 2.24) is 4.98 Å². The monoisotopic (exact) mass is 215 g/mol. The van der Waals surface area contributed by atoms with E-state index < -0.39 is 0 Å². The van der Waals surface area contributed by atoms with E-state index in [1.807, 2.05) is 25.1 Å². The van der Waals surface area contributed by atoms with Gasteiger partial charge in [0.1, 0.15) is 11.5 Å². The summed E-state index contributed by atoms with van der Waals surface area (Å²) in [5.74, 6) is 0.881. The lowest BCUT2D eigenvalue weighted by Crippen LogP contribution is -1.94. The van der Waals surface area contributed by atoms with Crippen LogP contribution in [0.4, 0.5) is 0 Å². The molecule has 3 heteroatoms. The predicted molar refractivity (Wildman–Crippen MR) is 62.5 cm³/mol. The van der Waals surface area contributed by atoms with Gasteiger partial charge in [-0.2, -0.15) is 0 Å². The van der Waals surface area contributed by atoms with Gasteiger partial charge in [-0.15, -0.1) is 0 Å². The van der Waals surface area contributed by atoms with Crippen LogP contribution in [0.25, 0.3) is 11.1 Å². The van der Waals surface area contributed by atoms with E-state index in [4.69, 9.17) is 4.74 Å². The first-order valence-corrected chi connectivity index (χ1v) is 5.17. The SMILES string of the molecule is CCOc1cc(O)ccc1-c1cccnc1. The summed E-state index contributed by atoms with van der Waals surface area (Å²) in [6.07, 6.45) is 3.50. The molecule has 0 spiro atoms. The molecule has 0 radical (unpaired) electrons. The van der Waals surface area contributed by atoms with Crippen LogP contribution in [-0.2, 0) is 0 Å². The molecule has 0 aliphatic rings. The van der Waals surface area contributed by atoms with Crippen molar-refractivity contribution < 1.29 is 9.84 Å². The van der Waals surface area contributed by atoms with Crippen LogP contribution in [0.15, 0.2) is 42.7 Å². The first kappa shape index (κ1) is 10.5. The van der Waals surface area contributed by atoms with Crippen LogP contribution in [0.1, 0.15) is 6.92 Å². The zero-order valence-electron chi connectivity index (χ0n) is 9.05. The maximum absolute atomic E-state index is 9.42. The zero-order valence-corrected chi connectivity index (χ0v) is 9.05. The van der Waals surface area contributed by atoms with Gasteiger partial charge in [-0.1, -0.05) is 6.07 Å². The van der Waals surface area contributed by atoms with E-state index in [0.717, 1.165) is 11.1 Å². The molecular formula is C13H13NO2. The average Bonchev–Trinajstić information content (AvgIpc) is 2.31. The molecule has 3 nitrogen and oxygen atoms in total. The van der Waals surface area contributed by atoms with Crippen molar-refractivity contribution >= 4 is 0 Å². The van der Waals surface area contributed by atoms with Crippen LogP contribution in [0.3, 0.4) is 0 Å². The second-order valence-corrected chi connectivity index (χ2v) is 3.36. The van der Waals surface area contributed by atoms with E-state index in [2.05, 4.69) is 4.98 Å². The third-order valence-corrected chi connectivity index (χ3v) is 2.24. The Morgan fingerprint density at radius 3 is 2.88 bits per heavy atom. The topological polar surface area (TPSA) is 42.4 Å². The molecule has 0 atom stereocenters. The summed E-state index contributed by atoms with van der Waals surface area (Å²) >= 11 is 0. The molecule has 0 bridgehead atoms. The van der Waals surface area contributed by atoms with Crippen LogP contribution in [-0.4, -0.2) is 16.7 Å². The third kappa shape index (κ3) is 2.14. The first-order chi connectivity index (χ1) is 7.81. The van der Waals surface area contributed by atoms with Gasteiger partial charge < -0.3 is 9.84 Å². The number of phenolic OH excluding ortho intramolecular Hbond substituents is 1. The lowest BCUT2D eigenvalue weighted by atomic mass is 10.1. The van der Waals surface area contributed by atoms with Crippen molar-refractivity contribution in [1.29, 1.82) is 0 Å². The fourth-order valence-corrected chi connectivity index (χ4v) is 1.55. The van der Waals surface area contributed by atoms with Gasteiger partial charge in [0.25, 0.3) is 0 Å². The van der Waals surface area contributed by atoms with Crippen molar-refractivity contribution in [3.05, 3.63) is 42.7 Å². The van der Waals surface area contributed by atoms with Crippen molar-refractivity contribution in [3.8, 4) is 22.6 Å². The van der Waals surface area contributed by atoms with Gasteiger partial charge in [-0.3, -0.25) is 4.98 Å². The Kier molecular flexibility index (Phi) is 3.05. The lowest BCUT2D eigenvalue weighted by molar-refractivity contribution is 0.339. The quantitative estimate of drug-likeness (QED) is 0.856. The van der Waals surface area contributed by atoms with Gasteiger partial charge in [0.2, 0.25) is 0 Å². The average molecular weight is 215 g/mol. The summed E-state index contributed by atoms with van der Waals surface area (Å²) in [6.45, 7) is 2.48. The van der Waals surface area contributed by atoms with Crippen LogP contribution < -0.4 is 4.74 Å². The number of benzene rings is 1. The van der Waals surface area contributed by atoms with Gasteiger partial charge in [-0.05, 0) is 25.1 Å². The van der Waals surface area contributed by atoms with Crippen LogP contribution in [0.2, 0.25) is 0 Å². The maximum atomic E-state index is 9.42. The highest BCUT2D eigenvalue weighted by Gasteiger charge is 2.06. The molecule has 2 aromatic rings. The normalized spacial score (nSPS) is 10.1. The van der Waals surface area contributed by atoms with Crippen LogP contribution >= 0.6 is 0 Å². The van der Waals surface area contributed by atoms with Gasteiger partial charge >= 0.3 is 0 Å². The molecule has 16 heavy (non-hydrogen) atoms. The molecule has 1 aromatic carbocycles. The maximum Gasteiger partial charge on any atom is 0.130 e. The first-order valence-electron chi connectivity index (χ1n) is 5.17. The zero-order chi connectivity index (χ0) is 11.4. The Bertz CT molecular complexity index is 469. The fourth-order valence-electron chi connectivity index (χ4n) is 1.55. The van der Waals surface area contributed by atoms with Crippen LogP contribution in [0.5, 0.6) is 11.5 Å². The number of nitrogens with zero attached hydrogens (tertiary/aromatic N) is 1. The van der Waals surface area contributed by atoms with E-state index in [0.29, 0.717) is 12.4 Å². The van der Waals surface area contributed by atoms with E-state index in [-0.39, 0.29) is 5.75 Å². The summed E-state index contributed by atoms with van der Waals surface area (Å²) in [4.78, 5) is 4.07. The number of rotatable bonds is 3. The molecule has 1 N–H and O–H groups in total. The molecule has 1 heterocycles. The summed E-state index contributed by atoms with van der Waals surface area (Å²) < 4.78 is 5.48. The summed E-state index contributed by atoms with van der Waals surface area (Å²) in [6, 6.07) is 8.92. The number of aromatic hydroxyl groups is 1. The Hall–Kier alpha value is -2.03. The van der Waals surface area contributed by atoms with Gasteiger partial charge in [0.15, 0.2) is 0 Å². The Balaban J connectivity index is 2.48. The second-order valence-electron chi connectivity index (χ2n) is 3.36. The summed E-state index contributed by atoms with van der Waals surface area (Å²) in [5, 5.41) is 9.42. The minimum Gasteiger partial charge on any atom is -0.508 e. The number of hydrogen-bond donors (Lipinski definition) is 1. The summed E-state index contributed by atoms with van der Waals surface area (Å²) in [5.41, 5.74) is 1.92. The van der Waals surface area contributed by atoms with Gasteiger partial charge in [0.05, 0.1) is 6.61 Å². The molecule has 0 fully saturated rings. The van der Waals surface area contributed by atoms with E-state index >= 15 is 0 Å². The van der Waals surface area contributed by atoms with Gasteiger partial charge in [0, 0.05) is 29.6 Å². The molecule has 0 unspecified atom stereocenters. The predicted octanol–water partition coefficient (Wildman–Crippen LogP) is 2.85. The molecule has 0 aliphatic heterocycles. The highest BCUT2D eigenvalue weighted by atomic mass is 16.5. The number of hydrogen-bond acceptors (Lipinski definition) is 3. The minimum absolute atomic E-state index is 0.205. The van der Waals surface area contributed by atoms with Crippen LogP contribution in [0, 0.1) is 0 Å². The lowest BCUT2D eigenvalue weighted by Gasteiger charge is -2.10. The van der Waals surface area contributed by atoms with Crippen molar-refractivity contribution in [2.45, 2.75) is 6.92 Å². The Labute approximate surface area is 94.3 Å². The van der Waals surface area contributed by atoms with E-state index in [1.54, 1.807) is 24.5 Å². The third-order valence-electron chi connectivity index (χ3n) is 2.24. The second kappa shape index (κ2) is 4.66. The Morgan fingerprint density at radius 1 is 1.31 bits per heavy atom. The molecule has 0 saturated carbocycles. The standard InChI is InChI=1S/C13H13NO2/c1-2-16-13-8-11(15)5-6-12(13)10-4-3-7-14-9-10/h3-9,15H,2H2,1H3. The Morgan fingerprint density at radius 2 is 2.19 bits per heavy atom. The summed E-state index contributed by atoms with van der Waals surface area (Å²) in [7, 11) is 0. The highest BCUT2D eigenvalue weighted by Crippen LogP contribution is 2.32. The molecule has 2 rings (SSSR count).